The number of aromatic hydroxyl groups is 1. The second kappa shape index (κ2) is 12.0. The molecule has 1 fully saturated rings. The van der Waals surface area contributed by atoms with Crippen LogP contribution in [-0.4, -0.2) is 24.4 Å². The van der Waals surface area contributed by atoms with Crippen LogP contribution in [0, 0.1) is 0 Å². The van der Waals surface area contributed by atoms with Crippen molar-refractivity contribution in [2.45, 2.75) is 38.2 Å². The minimum Gasteiger partial charge on any atom is -0.508 e. The molecule has 2 aromatic carbocycles. The van der Waals surface area contributed by atoms with E-state index in [9.17, 15) is 0 Å². The summed E-state index contributed by atoms with van der Waals surface area (Å²) in [5.74, 6) is 1.19. The van der Waals surface area contributed by atoms with E-state index in [-0.39, 0.29) is 0 Å². The van der Waals surface area contributed by atoms with E-state index >= 15 is 0 Å². The normalized spacial score (nSPS) is 13.9. The van der Waals surface area contributed by atoms with Crippen LogP contribution >= 0.6 is 0 Å². The van der Waals surface area contributed by atoms with Crippen molar-refractivity contribution in [1.29, 1.82) is 0 Å². The maximum Gasteiger partial charge on any atom is 0.119 e. The zero-order chi connectivity index (χ0) is 19.3. The maximum atomic E-state index is 8.82. The number of rotatable bonds is 7. The van der Waals surface area contributed by atoms with Crippen molar-refractivity contribution >= 4 is 12.2 Å². The first kappa shape index (κ1) is 20.8. The third kappa shape index (κ3) is 8.14. The Bertz CT molecular complexity index is 668. The van der Waals surface area contributed by atoms with Crippen LogP contribution < -0.4 is 4.74 Å². The van der Waals surface area contributed by atoms with Gasteiger partial charge in [0, 0.05) is 0 Å². The van der Waals surface area contributed by atoms with Crippen LogP contribution in [0.2, 0.25) is 0 Å². The number of phenols is 1. The molecule has 0 radical (unpaired) electrons. The number of ether oxygens (including phenoxy) is 2. The molecule has 144 valence electrons. The summed E-state index contributed by atoms with van der Waals surface area (Å²) in [6.45, 7) is 8.62. The Morgan fingerprint density at radius 3 is 1.93 bits per heavy atom. The molecule has 0 aliphatic heterocycles. The number of hydrogen-bond donors (Lipinski definition) is 1. The molecule has 0 unspecified atom stereocenters. The Labute approximate surface area is 163 Å². The minimum absolute atomic E-state index is 0.292. The average molecular weight is 367 g/mol. The first-order chi connectivity index (χ1) is 13.2. The Balaban J connectivity index is 0.000000244. The zero-order valence-electron chi connectivity index (χ0n) is 16.0. The highest BCUT2D eigenvalue weighted by Gasteiger charge is 2.13. The lowest BCUT2D eigenvalue weighted by Crippen LogP contribution is -2.19. The fraction of sp³-hybridized carbons (Fsp3) is 0.333. The SMILES string of the molecule is C=Cc1ccc(O)cc1.C=Cc1ccc(OCCOC2CCCCC2)cc1. The van der Waals surface area contributed by atoms with E-state index < -0.39 is 0 Å². The Hall–Kier alpha value is -2.52. The van der Waals surface area contributed by atoms with E-state index in [4.69, 9.17) is 14.6 Å². The lowest BCUT2D eigenvalue weighted by molar-refractivity contribution is 0.0129. The molecule has 27 heavy (non-hydrogen) atoms. The first-order valence-corrected chi connectivity index (χ1v) is 9.59. The van der Waals surface area contributed by atoms with Gasteiger partial charge in [-0.3, -0.25) is 0 Å². The zero-order valence-corrected chi connectivity index (χ0v) is 16.0. The summed E-state index contributed by atoms with van der Waals surface area (Å²) >= 11 is 0. The fourth-order valence-electron chi connectivity index (χ4n) is 2.92. The quantitative estimate of drug-likeness (QED) is 0.602. The van der Waals surface area contributed by atoms with Crippen LogP contribution in [0.15, 0.2) is 61.7 Å². The van der Waals surface area contributed by atoms with Gasteiger partial charge < -0.3 is 14.6 Å². The molecule has 0 aromatic heterocycles. The van der Waals surface area contributed by atoms with Crippen LogP contribution in [0.3, 0.4) is 0 Å². The molecule has 3 nitrogen and oxygen atoms in total. The van der Waals surface area contributed by atoms with Crippen molar-refractivity contribution in [3.8, 4) is 11.5 Å². The molecular formula is C24H30O3. The van der Waals surface area contributed by atoms with Gasteiger partial charge in [0.05, 0.1) is 12.7 Å². The smallest absolute Gasteiger partial charge is 0.119 e. The summed E-state index contributed by atoms with van der Waals surface area (Å²) in [7, 11) is 0. The summed E-state index contributed by atoms with van der Waals surface area (Å²) in [5, 5.41) is 8.82. The average Bonchev–Trinajstić information content (AvgIpc) is 2.73. The third-order valence-corrected chi connectivity index (χ3v) is 4.50. The van der Waals surface area contributed by atoms with Gasteiger partial charge in [-0.05, 0) is 48.2 Å². The second-order valence-corrected chi connectivity index (χ2v) is 6.55. The van der Waals surface area contributed by atoms with Crippen LogP contribution in [0.5, 0.6) is 11.5 Å². The van der Waals surface area contributed by atoms with E-state index in [1.165, 1.54) is 32.1 Å². The molecule has 0 heterocycles. The van der Waals surface area contributed by atoms with Gasteiger partial charge in [-0.25, -0.2) is 0 Å². The van der Waals surface area contributed by atoms with Crippen LogP contribution in [0.1, 0.15) is 43.2 Å². The molecule has 0 bridgehead atoms. The first-order valence-electron chi connectivity index (χ1n) is 9.59. The fourth-order valence-corrected chi connectivity index (χ4v) is 2.92. The van der Waals surface area contributed by atoms with Crippen LogP contribution in [-0.2, 0) is 4.74 Å². The molecule has 0 amide bonds. The Morgan fingerprint density at radius 1 is 0.815 bits per heavy atom. The van der Waals surface area contributed by atoms with Crippen molar-refractivity contribution in [2.24, 2.45) is 0 Å². The van der Waals surface area contributed by atoms with Crippen LogP contribution in [0.25, 0.3) is 12.2 Å². The van der Waals surface area contributed by atoms with Crippen molar-refractivity contribution in [3.63, 3.8) is 0 Å². The summed E-state index contributed by atoms with van der Waals surface area (Å²) in [6, 6.07) is 14.8. The van der Waals surface area contributed by atoms with E-state index in [1.807, 2.05) is 42.5 Å². The van der Waals surface area contributed by atoms with Gasteiger partial charge in [0.1, 0.15) is 18.1 Å². The van der Waals surface area contributed by atoms with Gasteiger partial charge >= 0.3 is 0 Å². The van der Waals surface area contributed by atoms with E-state index in [2.05, 4.69) is 13.2 Å². The van der Waals surface area contributed by atoms with E-state index in [0.29, 0.717) is 25.1 Å². The molecule has 1 saturated carbocycles. The predicted octanol–water partition coefficient (Wildman–Crippen LogP) is 6.09. The van der Waals surface area contributed by atoms with Crippen LogP contribution in [0.4, 0.5) is 0 Å². The van der Waals surface area contributed by atoms with Gasteiger partial charge in [0.25, 0.3) is 0 Å². The van der Waals surface area contributed by atoms with Crippen molar-refractivity contribution < 1.29 is 14.6 Å². The topological polar surface area (TPSA) is 38.7 Å². The third-order valence-electron chi connectivity index (χ3n) is 4.50. The van der Waals surface area contributed by atoms with Gasteiger partial charge in [0.15, 0.2) is 0 Å². The highest BCUT2D eigenvalue weighted by Crippen LogP contribution is 2.20. The maximum absolute atomic E-state index is 8.82. The molecule has 3 rings (SSSR count). The van der Waals surface area contributed by atoms with Crippen molar-refractivity contribution in [3.05, 3.63) is 72.8 Å². The van der Waals surface area contributed by atoms with Crippen molar-refractivity contribution in [1.82, 2.24) is 0 Å². The molecule has 2 aromatic rings. The summed E-state index contributed by atoms with van der Waals surface area (Å²) < 4.78 is 11.4. The predicted molar refractivity (Wildman–Crippen MR) is 113 cm³/mol. The molecule has 1 aliphatic carbocycles. The number of benzene rings is 2. The molecule has 3 heteroatoms. The summed E-state index contributed by atoms with van der Waals surface area (Å²) in [6.07, 6.45) is 10.5. The van der Waals surface area contributed by atoms with E-state index in [1.54, 1.807) is 18.2 Å². The van der Waals surface area contributed by atoms with Crippen molar-refractivity contribution in [2.75, 3.05) is 13.2 Å². The summed E-state index contributed by atoms with van der Waals surface area (Å²) in [5.41, 5.74) is 2.13. The standard InChI is InChI=1S/C16H22O2.C8H8O/c1-2-14-8-10-16(11-9-14)18-13-12-17-15-6-4-3-5-7-15;1-2-7-3-5-8(9)6-4-7/h2,8-11,15H,1,3-7,12-13H2;2-6,9H,1H2. The highest BCUT2D eigenvalue weighted by atomic mass is 16.5. The second-order valence-electron chi connectivity index (χ2n) is 6.55. The highest BCUT2D eigenvalue weighted by molar-refractivity contribution is 5.48. The number of phenolic OH excluding ortho intramolecular Hbond substituents is 1. The summed E-state index contributed by atoms with van der Waals surface area (Å²) in [4.78, 5) is 0. The molecule has 0 atom stereocenters. The largest absolute Gasteiger partial charge is 0.508 e. The molecule has 1 N–H and O–H groups in total. The number of hydrogen-bond acceptors (Lipinski definition) is 3. The molecule has 1 aliphatic rings. The lowest BCUT2D eigenvalue weighted by Gasteiger charge is -2.21. The minimum atomic E-state index is 0.292. The Morgan fingerprint density at radius 2 is 1.37 bits per heavy atom. The molecular weight excluding hydrogens is 336 g/mol. The van der Waals surface area contributed by atoms with E-state index in [0.717, 1.165) is 16.9 Å². The van der Waals surface area contributed by atoms with Gasteiger partial charge in [-0.1, -0.05) is 68.8 Å². The monoisotopic (exact) mass is 366 g/mol. The lowest BCUT2D eigenvalue weighted by atomic mass is 9.98. The van der Waals surface area contributed by atoms with Gasteiger partial charge in [-0.2, -0.15) is 0 Å². The molecule has 0 spiro atoms. The van der Waals surface area contributed by atoms with Gasteiger partial charge in [-0.15, -0.1) is 0 Å². The molecule has 0 saturated heterocycles. The Kier molecular flexibility index (Phi) is 9.22. The van der Waals surface area contributed by atoms with Gasteiger partial charge in [0.2, 0.25) is 0 Å².